The zero-order valence-corrected chi connectivity index (χ0v) is 9.92. The summed E-state index contributed by atoms with van der Waals surface area (Å²) in [6.07, 6.45) is 0. The molecule has 0 aliphatic rings. The monoisotopic (exact) mass is 251 g/mol. The second kappa shape index (κ2) is 5.24. The Morgan fingerprint density at radius 2 is 1.94 bits per heavy atom. The van der Waals surface area contributed by atoms with E-state index in [1.165, 1.54) is 0 Å². The van der Waals surface area contributed by atoms with Gasteiger partial charge in [0.25, 0.3) is 0 Å². The number of halogens is 2. The molecule has 2 aromatic rings. The van der Waals surface area contributed by atoms with Crippen LogP contribution in [0.4, 0.5) is 0 Å². The molecule has 81 valence electrons. The SMILES string of the molecule is Clc1ccc(COc2[c]cccc2)cc1Cl. The molecule has 2 aromatic carbocycles. The molecule has 1 radical (unpaired) electrons. The summed E-state index contributed by atoms with van der Waals surface area (Å²) in [5, 5.41) is 1.09. The van der Waals surface area contributed by atoms with Crippen LogP contribution in [0.5, 0.6) is 5.75 Å². The summed E-state index contributed by atoms with van der Waals surface area (Å²) in [6.45, 7) is 0.456. The molecule has 0 aliphatic carbocycles. The molecule has 0 amide bonds. The molecule has 0 atom stereocenters. The van der Waals surface area contributed by atoms with Crippen molar-refractivity contribution in [2.45, 2.75) is 6.61 Å². The topological polar surface area (TPSA) is 9.23 Å². The Balaban J connectivity index is 2.03. The molecule has 0 aliphatic heterocycles. The van der Waals surface area contributed by atoms with Gasteiger partial charge in [-0.2, -0.15) is 0 Å². The number of rotatable bonds is 3. The van der Waals surface area contributed by atoms with E-state index < -0.39 is 0 Å². The van der Waals surface area contributed by atoms with Crippen LogP contribution in [0.2, 0.25) is 10.0 Å². The highest BCUT2D eigenvalue weighted by atomic mass is 35.5. The van der Waals surface area contributed by atoms with Crippen molar-refractivity contribution < 1.29 is 4.74 Å². The Labute approximate surface area is 105 Å². The lowest BCUT2D eigenvalue weighted by atomic mass is 10.2. The first-order valence-electron chi connectivity index (χ1n) is 4.79. The average molecular weight is 252 g/mol. The molecule has 0 aromatic heterocycles. The summed E-state index contributed by atoms with van der Waals surface area (Å²) in [7, 11) is 0. The largest absolute Gasteiger partial charge is 0.488 e. The summed E-state index contributed by atoms with van der Waals surface area (Å²) in [5.41, 5.74) is 0.978. The van der Waals surface area contributed by atoms with E-state index in [-0.39, 0.29) is 0 Å². The molecular formula is C13H9Cl2O. The van der Waals surface area contributed by atoms with Gasteiger partial charge in [0.15, 0.2) is 0 Å². The smallest absolute Gasteiger partial charge is 0.127 e. The van der Waals surface area contributed by atoms with Gasteiger partial charge >= 0.3 is 0 Å². The predicted molar refractivity (Wildman–Crippen MR) is 66.1 cm³/mol. The van der Waals surface area contributed by atoms with Crippen LogP contribution in [0.3, 0.4) is 0 Å². The third kappa shape index (κ3) is 2.91. The van der Waals surface area contributed by atoms with Gasteiger partial charge in [0.1, 0.15) is 12.4 Å². The molecule has 0 N–H and O–H groups in total. The summed E-state index contributed by atoms with van der Waals surface area (Å²) in [6, 6.07) is 15.9. The van der Waals surface area contributed by atoms with E-state index in [0.29, 0.717) is 22.4 Å². The maximum absolute atomic E-state index is 5.90. The first kappa shape index (κ1) is 11.3. The molecule has 0 saturated heterocycles. The average Bonchev–Trinajstić information content (AvgIpc) is 2.32. The molecule has 0 saturated carbocycles. The van der Waals surface area contributed by atoms with Crippen LogP contribution in [0, 0.1) is 6.07 Å². The van der Waals surface area contributed by atoms with Gasteiger partial charge in [0.2, 0.25) is 0 Å². The lowest BCUT2D eigenvalue weighted by Crippen LogP contribution is -1.95. The molecule has 0 spiro atoms. The van der Waals surface area contributed by atoms with E-state index in [1.54, 1.807) is 12.1 Å². The molecule has 0 bridgehead atoms. The fraction of sp³-hybridized carbons (Fsp3) is 0.0769. The van der Waals surface area contributed by atoms with Gasteiger partial charge in [-0.15, -0.1) is 0 Å². The highest BCUT2D eigenvalue weighted by Gasteiger charge is 2.00. The summed E-state index contributed by atoms with van der Waals surface area (Å²) < 4.78 is 5.53. The number of hydrogen-bond donors (Lipinski definition) is 0. The summed E-state index contributed by atoms with van der Waals surface area (Å²) in [5.74, 6) is 0.716. The minimum absolute atomic E-state index is 0.456. The Kier molecular flexibility index (Phi) is 3.70. The van der Waals surface area contributed by atoms with Crippen molar-refractivity contribution in [1.29, 1.82) is 0 Å². The molecule has 0 fully saturated rings. The minimum atomic E-state index is 0.456. The van der Waals surface area contributed by atoms with Crippen LogP contribution in [-0.4, -0.2) is 0 Å². The van der Waals surface area contributed by atoms with E-state index in [1.807, 2.05) is 30.3 Å². The molecule has 16 heavy (non-hydrogen) atoms. The van der Waals surface area contributed by atoms with E-state index in [0.717, 1.165) is 5.56 Å². The van der Waals surface area contributed by atoms with Crippen molar-refractivity contribution in [2.75, 3.05) is 0 Å². The van der Waals surface area contributed by atoms with Crippen molar-refractivity contribution in [2.24, 2.45) is 0 Å². The number of para-hydroxylation sites is 1. The van der Waals surface area contributed by atoms with Gasteiger partial charge in [-0.1, -0.05) is 47.5 Å². The number of benzene rings is 2. The first-order chi connectivity index (χ1) is 7.75. The van der Waals surface area contributed by atoms with Gasteiger partial charge in [-0.3, -0.25) is 0 Å². The van der Waals surface area contributed by atoms with Gasteiger partial charge in [0.05, 0.1) is 10.0 Å². The van der Waals surface area contributed by atoms with Crippen LogP contribution < -0.4 is 4.74 Å². The van der Waals surface area contributed by atoms with Crippen LogP contribution in [0.1, 0.15) is 5.56 Å². The quantitative estimate of drug-likeness (QED) is 0.787. The predicted octanol–water partition coefficient (Wildman–Crippen LogP) is 4.37. The molecular weight excluding hydrogens is 243 g/mol. The van der Waals surface area contributed by atoms with E-state index in [9.17, 15) is 0 Å². The zero-order chi connectivity index (χ0) is 11.4. The molecule has 3 heteroatoms. The Hall–Kier alpha value is -1.18. The summed E-state index contributed by atoms with van der Waals surface area (Å²) >= 11 is 11.7. The second-order valence-electron chi connectivity index (χ2n) is 3.26. The highest BCUT2D eigenvalue weighted by Crippen LogP contribution is 2.23. The van der Waals surface area contributed by atoms with Crippen molar-refractivity contribution in [3.8, 4) is 5.75 Å². The standard InChI is InChI=1S/C13H9Cl2O/c14-12-7-6-10(8-13(12)15)9-16-11-4-2-1-3-5-11/h1-4,6-8H,9H2. The first-order valence-corrected chi connectivity index (χ1v) is 5.55. The van der Waals surface area contributed by atoms with Crippen LogP contribution in [0.25, 0.3) is 0 Å². The van der Waals surface area contributed by atoms with E-state index >= 15 is 0 Å². The van der Waals surface area contributed by atoms with E-state index in [2.05, 4.69) is 6.07 Å². The Morgan fingerprint density at radius 1 is 1.06 bits per heavy atom. The third-order valence-electron chi connectivity index (χ3n) is 2.06. The zero-order valence-electron chi connectivity index (χ0n) is 8.41. The summed E-state index contributed by atoms with van der Waals surface area (Å²) in [4.78, 5) is 0. The van der Waals surface area contributed by atoms with Crippen LogP contribution >= 0.6 is 23.2 Å². The molecule has 0 unspecified atom stereocenters. The van der Waals surface area contributed by atoms with Crippen molar-refractivity contribution in [3.63, 3.8) is 0 Å². The van der Waals surface area contributed by atoms with Crippen LogP contribution in [0.15, 0.2) is 42.5 Å². The fourth-order valence-electron chi connectivity index (χ4n) is 1.26. The number of ether oxygens (including phenoxy) is 1. The van der Waals surface area contributed by atoms with Gasteiger partial charge in [-0.05, 0) is 23.8 Å². The Morgan fingerprint density at radius 3 is 2.62 bits per heavy atom. The highest BCUT2D eigenvalue weighted by molar-refractivity contribution is 6.42. The molecule has 1 nitrogen and oxygen atoms in total. The second-order valence-corrected chi connectivity index (χ2v) is 4.08. The molecule has 2 rings (SSSR count). The van der Waals surface area contributed by atoms with Gasteiger partial charge in [0, 0.05) is 6.07 Å². The normalized spacial score (nSPS) is 10.1. The van der Waals surface area contributed by atoms with Crippen molar-refractivity contribution in [1.82, 2.24) is 0 Å². The number of hydrogen-bond acceptors (Lipinski definition) is 1. The lowest BCUT2D eigenvalue weighted by molar-refractivity contribution is 0.305. The molecule has 0 heterocycles. The minimum Gasteiger partial charge on any atom is -0.488 e. The van der Waals surface area contributed by atoms with Crippen LogP contribution in [-0.2, 0) is 6.61 Å². The van der Waals surface area contributed by atoms with E-state index in [4.69, 9.17) is 27.9 Å². The third-order valence-corrected chi connectivity index (χ3v) is 2.80. The fourth-order valence-corrected chi connectivity index (χ4v) is 1.58. The Bertz CT molecular complexity index is 469. The van der Waals surface area contributed by atoms with Crippen molar-refractivity contribution in [3.05, 3.63) is 64.1 Å². The van der Waals surface area contributed by atoms with Gasteiger partial charge in [-0.25, -0.2) is 0 Å². The van der Waals surface area contributed by atoms with Gasteiger partial charge < -0.3 is 4.74 Å². The van der Waals surface area contributed by atoms with Crippen molar-refractivity contribution >= 4 is 23.2 Å². The maximum Gasteiger partial charge on any atom is 0.127 e. The lowest BCUT2D eigenvalue weighted by Gasteiger charge is -2.06. The maximum atomic E-state index is 5.90.